The summed E-state index contributed by atoms with van der Waals surface area (Å²) in [5, 5.41) is 3.54. The minimum atomic E-state index is -0.406. The van der Waals surface area contributed by atoms with Crippen molar-refractivity contribution in [3.05, 3.63) is 88.2 Å². The second-order valence-corrected chi connectivity index (χ2v) is 8.22. The fourth-order valence-corrected chi connectivity index (χ4v) is 4.38. The zero-order valence-electron chi connectivity index (χ0n) is 18.0. The maximum atomic E-state index is 13.3. The Morgan fingerprint density at radius 1 is 0.938 bits per heavy atom. The quantitative estimate of drug-likeness (QED) is 0.432. The molecule has 1 aliphatic rings. The number of benzene rings is 2. The first-order valence-electron chi connectivity index (χ1n) is 10.0. The molecule has 4 rings (SSSR count). The van der Waals surface area contributed by atoms with E-state index < -0.39 is 5.91 Å². The molecule has 1 aromatic heterocycles. The molecule has 0 aliphatic carbocycles. The molecule has 0 fully saturated rings. The number of aryl methyl sites for hydroxylation is 2. The van der Waals surface area contributed by atoms with Gasteiger partial charge in [-0.15, -0.1) is 0 Å². The number of imide groups is 1. The summed E-state index contributed by atoms with van der Waals surface area (Å²) in [4.78, 5) is 37.0. The Bertz CT molecular complexity index is 1190. The number of rotatable bonds is 7. The molecular formula is C24H22N4O3S. The van der Waals surface area contributed by atoms with Crippen molar-refractivity contribution in [1.29, 1.82) is 0 Å². The van der Waals surface area contributed by atoms with Crippen molar-refractivity contribution < 1.29 is 14.3 Å². The van der Waals surface area contributed by atoms with Gasteiger partial charge in [-0.05, 0) is 49.4 Å². The van der Waals surface area contributed by atoms with Gasteiger partial charge in [0, 0.05) is 11.4 Å². The van der Waals surface area contributed by atoms with E-state index in [2.05, 4.69) is 15.3 Å². The lowest BCUT2D eigenvalue weighted by atomic mass is 10.2. The smallest absolute Gasteiger partial charge is 0.278 e. The van der Waals surface area contributed by atoms with Gasteiger partial charge in [0.2, 0.25) is 0 Å². The normalized spacial score (nSPS) is 13.7. The molecule has 8 heteroatoms. The van der Waals surface area contributed by atoms with Crippen molar-refractivity contribution in [3.63, 3.8) is 0 Å². The lowest BCUT2D eigenvalue weighted by Gasteiger charge is -2.15. The molecule has 32 heavy (non-hydrogen) atoms. The van der Waals surface area contributed by atoms with Gasteiger partial charge < -0.3 is 10.1 Å². The van der Waals surface area contributed by atoms with Gasteiger partial charge in [-0.1, -0.05) is 42.5 Å². The van der Waals surface area contributed by atoms with Gasteiger partial charge in [-0.25, -0.2) is 9.97 Å². The number of amides is 2. The highest BCUT2D eigenvalue weighted by Crippen LogP contribution is 2.36. The summed E-state index contributed by atoms with van der Waals surface area (Å²) in [7, 11) is 1.55. The zero-order chi connectivity index (χ0) is 22.7. The topological polar surface area (TPSA) is 84.4 Å². The van der Waals surface area contributed by atoms with Gasteiger partial charge in [-0.3, -0.25) is 14.5 Å². The van der Waals surface area contributed by atoms with Crippen LogP contribution in [0.5, 0.6) is 5.75 Å². The summed E-state index contributed by atoms with van der Waals surface area (Å²) >= 11 is 1.09. The molecule has 0 spiro atoms. The fraction of sp³-hybridized carbons (Fsp3) is 0.167. The summed E-state index contributed by atoms with van der Waals surface area (Å²) in [6.45, 7) is 3.91. The van der Waals surface area contributed by atoms with Gasteiger partial charge in [0.15, 0.2) is 5.16 Å². The number of ether oxygens (including phenoxy) is 1. The molecule has 3 aromatic rings. The number of hydrogen-bond donors (Lipinski definition) is 1. The van der Waals surface area contributed by atoms with Gasteiger partial charge in [-0.2, -0.15) is 0 Å². The van der Waals surface area contributed by atoms with Crippen molar-refractivity contribution in [2.24, 2.45) is 0 Å². The van der Waals surface area contributed by atoms with E-state index in [-0.39, 0.29) is 23.1 Å². The molecule has 0 atom stereocenters. The Labute approximate surface area is 190 Å². The van der Waals surface area contributed by atoms with Crippen molar-refractivity contribution in [2.75, 3.05) is 12.4 Å². The van der Waals surface area contributed by atoms with E-state index in [4.69, 9.17) is 4.74 Å². The van der Waals surface area contributed by atoms with Gasteiger partial charge in [0.1, 0.15) is 16.4 Å². The molecule has 1 aliphatic heterocycles. The molecule has 0 unspecified atom stereocenters. The molecule has 2 aromatic carbocycles. The molecule has 0 saturated heterocycles. The third kappa shape index (κ3) is 4.50. The Balaban J connectivity index is 1.72. The van der Waals surface area contributed by atoms with E-state index in [0.29, 0.717) is 16.6 Å². The Hall–Kier alpha value is -3.65. The molecule has 7 nitrogen and oxygen atoms in total. The summed E-state index contributed by atoms with van der Waals surface area (Å²) < 4.78 is 5.40. The molecule has 0 saturated carbocycles. The van der Waals surface area contributed by atoms with Gasteiger partial charge >= 0.3 is 0 Å². The molecule has 1 N–H and O–H groups in total. The zero-order valence-corrected chi connectivity index (χ0v) is 18.8. The van der Waals surface area contributed by atoms with Crippen LogP contribution in [0.25, 0.3) is 0 Å². The Kier molecular flexibility index (Phi) is 6.23. The summed E-state index contributed by atoms with van der Waals surface area (Å²) in [6.07, 6.45) is 0. The highest BCUT2D eigenvalue weighted by atomic mass is 32.2. The number of hydrogen-bond acceptors (Lipinski definition) is 7. The van der Waals surface area contributed by atoms with Crippen LogP contribution in [0.15, 0.2) is 76.4 Å². The average molecular weight is 447 g/mol. The highest BCUT2D eigenvalue weighted by molar-refractivity contribution is 8.04. The Morgan fingerprint density at radius 3 is 2.28 bits per heavy atom. The monoisotopic (exact) mass is 446 g/mol. The number of methoxy groups -OCH3 is 1. The first-order chi connectivity index (χ1) is 15.5. The van der Waals surface area contributed by atoms with Gasteiger partial charge in [0.05, 0.1) is 19.3 Å². The molecule has 2 amide bonds. The molecule has 0 bridgehead atoms. The van der Waals surface area contributed by atoms with Crippen LogP contribution < -0.4 is 10.1 Å². The number of anilines is 1. The lowest BCUT2D eigenvalue weighted by Crippen LogP contribution is -2.31. The van der Waals surface area contributed by atoms with Crippen LogP contribution in [0.4, 0.5) is 5.69 Å². The second-order valence-electron chi connectivity index (χ2n) is 7.25. The fourth-order valence-electron chi connectivity index (χ4n) is 3.38. The van der Waals surface area contributed by atoms with Crippen LogP contribution in [0.1, 0.15) is 17.0 Å². The second kappa shape index (κ2) is 9.23. The van der Waals surface area contributed by atoms with Crippen LogP contribution in [-0.2, 0) is 16.1 Å². The number of para-hydroxylation sites is 2. The molecule has 2 heterocycles. The minimum Gasteiger partial charge on any atom is -0.495 e. The van der Waals surface area contributed by atoms with Crippen LogP contribution in [0, 0.1) is 13.8 Å². The van der Waals surface area contributed by atoms with E-state index >= 15 is 0 Å². The van der Waals surface area contributed by atoms with Crippen LogP contribution in [-0.4, -0.2) is 33.8 Å². The molecular weight excluding hydrogens is 424 g/mol. The molecule has 162 valence electrons. The van der Waals surface area contributed by atoms with Gasteiger partial charge in [0.25, 0.3) is 11.8 Å². The number of nitrogens with one attached hydrogen (secondary N) is 1. The van der Waals surface area contributed by atoms with E-state index in [1.165, 1.54) is 4.90 Å². The molecule has 0 radical (unpaired) electrons. The maximum Gasteiger partial charge on any atom is 0.278 e. The van der Waals surface area contributed by atoms with E-state index in [0.717, 1.165) is 28.7 Å². The predicted molar refractivity (Wildman–Crippen MR) is 123 cm³/mol. The number of carbonyl (C=O) groups excluding carboxylic acids is 2. The van der Waals surface area contributed by atoms with E-state index in [1.54, 1.807) is 19.2 Å². The van der Waals surface area contributed by atoms with Crippen molar-refractivity contribution >= 4 is 29.3 Å². The van der Waals surface area contributed by atoms with E-state index in [1.807, 2.05) is 62.4 Å². The first kappa shape index (κ1) is 21.6. The number of aromatic nitrogens is 2. The largest absolute Gasteiger partial charge is 0.495 e. The highest BCUT2D eigenvalue weighted by Gasteiger charge is 2.40. The lowest BCUT2D eigenvalue weighted by molar-refractivity contribution is -0.137. The summed E-state index contributed by atoms with van der Waals surface area (Å²) in [6, 6.07) is 18.5. The Morgan fingerprint density at radius 2 is 1.59 bits per heavy atom. The number of thioether (sulfide) groups is 1. The third-order valence-electron chi connectivity index (χ3n) is 4.83. The van der Waals surface area contributed by atoms with E-state index in [9.17, 15) is 9.59 Å². The summed E-state index contributed by atoms with van der Waals surface area (Å²) in [5.74, 6) is -0.227. The maximum absolute atomic E-state index is 13.3. The van der Waals surface area contributed by atoms with Crippen molar-refractivity contribution in [2.45, 2.75) is 25.5 Å². The number of carbonyl (C=O) groups is 2. The third-order valence-corrected chi connectivity index (χ3v) is 5.78. The number of nitrogens with zero attached hydrogens (tertiary/aromatic N) is 3. The average Bonchev–Trinajstić information content (AvgIpc) is 2.98. The van der Waals surface area contributed by atoms with Crippen molar-refractivity contribution in [3.8, 4) is 5.75 Å². The minimum absolute atomic E-state index is 0.174. The standard InChI is InChI=1S/C24H22N4O3S/c1-15-13-16(2)26-24(25-15)32-21-20(27-18-11-7-8-12-19(18)31-3)22(29)28(23(21)30)14-17-9-5-4-6-10-17/h4-13,27H,14H2,1-3H3. The van der Waals surface area contributed by atoms with Crippen molar-refractivity contribution in [1.82, 2.24) is 14.9 Å². The predicted octanol–water partition coefficient (Wildman–Crippen LogP) is 4.09. The SMILES string of the molecule is COc1ccccc1NC1=C(Sc2nc(C)cc(C)n2)C(=O)N(Cc2ccccc2)C1=O. The first-order valence-corrected chi connectivity index (χ1v) is 10.8. The van der Waals surface area contributed by atoms with Crippen LogP contribution in [0.2, 0.25) is 0 Å². The summed E-state index contributed by atoms with van der Waals surface area (Å²) in [5.41, 5.74) is 3.21. The van der Waals surface area contributed by atoms with Crippen LogP contribution >= 0.6 is 11.8 Å². The van der Waals surface area contributed by atoms with Crippen LogP contribution in [0.3, 0.4) is 0 Å².